The van der Waals surface area contributed by atoms with E-state index in [0.717, 1.165) is 11.1 Å². The van der Waals surface area contributed by atoms with Crippen LogP contribution < -0.4 is 21.4 Å². The number of benzene rings is 2. The quantitative estimate of drug-likeness (QED) is 0.263. The molecule has 0 fully saturated rings. The number of aliphatic hydroxyl groups is 1. The fourth-order valence-corrected chi connectivity index (χ4v) is 2.76. The van der Waals surface area contributed by atoms with Gasteiger partial charge in [-0.1, -0.05) is 38.1 Å². The van der Waals surface area contributed by atoms with Crippen molar-refractivity contribution in [3.63, 3.8) is 0 Å². The lowest BCUT2D eigenvalue weighted by molar-refractivity contribution is -0.133. The third-order valence-corrected chi connectivity index (χ3v) is 4.48. The zero-order valence-corrected chi connectivity index (χ0v) is 17.7. The van der Waals surface area contributed by atoms with E-state index in [1.807, 2.05) is 26.0 Å². The minimum atomic E-state index is -1.28. The third-order valence-electron chi connectivity index (χ3n) is 4.48. The summed E-state index contributed by atoms with van der Waals surface area (Å²) >= 11 is 0. The summed E-state index contributed by atoms with van der Waals surface area (Å²) in [6.07, 6.45) is -1.18. The van der Waals surface area contributed by atoms with Crippen LogP contribution in [0.3, 0.4) is 0 Å². The molecule has 166 valence electrons. The Kier molecular flexibility index (Phi) is 8.68. The van der Waals surface area contributed by atoms with Gasteiger partial charge in [-0.3, -0.25) is 19.6 Å². The fraction of sp³-hybridized carbons (Fsp3) is 0.318. The number of anilines is 1. The maximum Gasteiger partial charge on any atom is 0.268 e. The molecule has 2 atom stereocenters. The van der Waals surface area contributed by atoms with Gasteiger partial charge < -0.3 is 21.1 Å². The minimum Gasteiger partial charge on any atom is -0.391 e. The van der Waals surface area contributed by atoms with Crippen LogP contribution in [-0.2, 0) is 9.59 Å². The number of nitrogens with one attached hydrogen (secondary N) is 4. The Morgan fingerprint density at radius 3 is 1.94 bits per heavy atom. The summed E-state index contributed by atoms with van der Waals surface area (Å²) in [7, 11) is 0. The van der Waals surface area contributed by atoms with Gasteiger partial charge in [-0.05, 0) is 42.3 Å². The van der Waals surface area contributed by atoms with E-state index in [1.54, 1.807) is 36.4 Å². The predicted octanol–water partition coefficient (Wildman–Crippen LogP) is 1.27. The Balaban J connectivity index is 2.02. The van der Waals surface area contributed by atoms with Crippen LogP contribution in [0, 0.1) is 0 Å². The van der Waals surface area contributed by atoms with E-state index in [4.69, 9.17) is 5.21 Å². The standard InChI is InChI=1S/C22H28N4O5/c1-13(2)23-12-19(28)24-18-10-8-16(9-11-18)15-4-6-17(7-5-15)21(29)25-20(14(3)27)22(30)26-31/h4-11,13-14,20,23,27,31H,12H2,1-3H3,(H,24,28)(H,25,29)(H,26,30)/t14-,20+/m1/s1. The Bertz CT molecular complexity index is 895. The summed E-state index contributed by atoms with van der Waals surface area (Å²) in [5.74, 6) is -1.59. The molecule has 0 saturated heterocycles. The van der Waals surface area contributed by atoms with Gasteiger partial charge in [0, 0.05) is 17.3 Å². The molecule has 3 amide bonds. The number of hydrogen-bond donors (Lipinski definition) is 6. The molecule has 0 spiro atoms. The molecule has 2 rings (SSSR count). The van der Waals surface area contributed by atoms with E-state index in [2.05, 4.69) is 16.0 Å². The highest BCUT2D eigenvalue weighted by Gasteiger charge is 2.25. The van der Waals surface area contributed by atoms with Gasteiger partial charge in [0.2, 0.25) is 5.91 Å². The predicted molar refractivity (Wildman–Crippen MR) is 117 cm³/mol. The maximum absolute atomic E-state index is 12.3. The summed E-state index contributed by atoms with van der Waals surface area (Å²) < 4.78 is 0. The van der Waals surface area contributed by atoms with E-state index >= 15 is 0 Å². The number of rotatable bonds is 9. The first-order valence-electron chi connectivity index (χ1n) is 9.88. The largest absolute Gasteiger partial charge is 0.391 e. The minimum absolute atomic E-state index is 0.123. The highest BCUT2D eigenvalue weighted by Crippen LogP contribution is 2.22. The molecule has 31 heavy (non-hydrogen) atoms. The van der Waals surface area contributed by atoms with Crippen LogP contribution in [0.4, 0.5) is 5.69 Å². The van der Waals surface area contributed by atoms with E-state index in [9.17, 15) is 19.5 Å². The maximum atomic E-state index is 12.3. The number of hydrogen-bond acceptors (Lipinski definition) is 6. The molecule has 9 nitrogen and oxygen atoms in total. The van der Waals surface area contributed by atoms with Gasteiger partial charge in [0.05, 0.1) is 12.6 Å². The lowest BCUT2D eigenvalue weighted by Crippen LogP contribution is -2.51. The van der Waals surface area contributed by atoms with Gasteiger partial charge in [-0.2, -0.15) is 0 Å². The van der Waals surface area contributed by atoms with Crippen molar-refractivity contribution in [2.24, 2.45) is 0 Å². The van der Waals surface area contributed by atoms with Crippen LogP contribution in [0.15, 0.2) is 48.5 Å². The second kappa shape index (κ2) is 11.2. The normalized spacial score (nSPS) is 12.7. The molecule has 0 bridgehead atoms. The monoisotopic (exact) mass is 428 g/mol. The molecule has 0 aliphatic rings. The Morgan fingerprint density at radius 2 is 1.45 bits per heavy atom. The van der Waals surface area contributed by atoms with Gasteiger partial charge in [0.1, 0.15) is 6.04 Å². The smallest absolute Gasteiger partial charge is 0.268 e. The molecule has 0 heterocycles. The molecule has 6 N–H and O–H groups in total. The first kappa shape index (κ1) is 24.0. The van der Waals surface area contributed by atoms with Crippen molar-refractivity contribution in [2.75, 3.05) is 11.9 Å². The molecule has 0 radical (unpaired) electrons. The third kappa shape index (κ3) is 7.18. The molecule has 9 heteroatoms. The van der Waals surface area contributed by atoms with Gasteiger partial charge in [0.25, 0.3) is 11.8 Å². The highest BCUT2D eigenvalue weighted by atomic mass is 16.5. The molecule has 0 saturated carbocycles. The van der Waals surface area contributed by atoms with Crippen molar-refractivity contribution >= 4 is 23.4 Å². The first-order chi connectivity index (χ1) is 14.7. The van der Waals surface area contributed by atoms with Gasteiger partial charge in [0.15, 0.2) is 0 Å². The average molecular weight is 428 g/mol. The van der Waals surface area contributed by atoms with Crippen LogP contribution in [0.2, 0.25) is 0 Å². The molecule has 0 aliphatic heterocycles. The molecule has 2 aromatic rings. The Hall–Kier alpha value is -3.27. The van der Waals surface area contributed by atoms with Crippen molar-refractivity contribution in [3.8, 4) is 11.1 Å². The lowest BCUT2D eigenvalue weighted by atomic mass is 10.0. The van der Waals surface area contributed by atoms with E-state index in [1.165, 1.54) is 12.4 Å². The molecule has 0 aliphatic carbocycles. The van der Waals surface area contributed by atoms with Crippen molar-refractivity contribution < 1.29 is 24.7 Å². The zero-order chi connectivity index (χ0) is 23.0. The van der Waals surface area contributed by atoms with Gasteiger partial charge in [-0.25, -0.2) is 5.48 Å². The molecule has 0 unspecified atom stereocenters. The first-order valence-corrected chi connectivity index (χ1v) is 9.88. The van der Waals surface area contributed by atoms with E-state index in [-0.39, 0.29) is 18.5 Å². The van der Waals surface area contributed by atoms with Crippen LogP contribution in [0.1, 0.15) is 31.1 Å². The van der Waals surface area contributed by atoms with Crippen molar-refractivity contribution in [1.82, 2.24) is 16.1 Å². The molecule has 0 aromatic heterocycles. The second-order valence-corrected chi connectivity index (χ2v) is 7.41. The van der Waals surface area contributed by atoms with Crippen molar-refractivity contribution in [3.05, 3.63) is 54.1 Å². The Morgan fingerprint density at radius 1 is 0.903 bits per heavy atom. The SMILES string of the molecule is CC(C)NCC(=O)Nc1ccc(-c2ccc(C(=O)N[C@H](C(=O)NO)[C@@H](C)O)cc2)cc1. The summed E-state index contributed by atoms with van der Waals surface area (Å²) in [6, 6.07) is 12.9. The van der Waals surface area contributed by atoms with Crippen molar-refractivity contribution in [2.45, 2.75) is 39.0 Å². The summed E-state index contributed by atoms with van der Waals surface area (Å²) in [5, 5.41) is 26.6. The van der Waals surface area contributed by atoms with Gasteiger partial charge >= 0.3 is 0 Å². The number of carbonyl (C=O) groups is 3. The summed E-state index contributed by atoms with van der Waals surface area (Å²) in [4.78, 5) is 35.8. The number of aliphatic hydroxyl groups excluding tert-OH is 1. The van der Waals surface area contributed by atoms with E-state index < -0.39 is 24.0 Å². The second-order valence-electron chi connectivity index (χ2n) is 7.41. The Labute approximate surface area is 180 Å². The molecular weight excluding hydrogens is 400 g/mol. The summed E-state index contributed by atoms with van der Waals surface area (Å²) in [6.45, 7) is 5.50. The van der Waals surface area contributed by atoms with Gasteiger partial charge in [-0.15, -0.1) is 0 Å². The van der Waals surface area contributed by atoms with Crippen LogP contribution in [0.25, 0.3) is 11.1 Å². The van der Waals surface area contributed by atoms with Crippen LogP contribution >= 0.6 is 0 Å². The topological polar surface area (TPSA) is 140 Å². The average Bonchev–Trinajstić information content (AvgIpc) is 2.75. The van der Waals surface area contributed by atoms with Crippen LogP contribution in [-0.4, -0.2) is 52.8 Å². The highest BCUT2D eigenvalue weighted by molar-refractivity contribution is 5.98. The number of carbonyl (C=O) groups excluding carboxylic acids is 3. The van der Waals surface area contributed by atoms with E-state index in [0.29, 0.717) is 11.3 Å². The zero-order valence-electron chi connectivity index (χ0n) is 17.7. The summed E-state index contributed by atoms with van der Waals surface area (Å²) in [5.41, 5.74) is 4.15. The van der Waals surface area contributed by atoms with Crippen molar-refractivity contribution in [1.29, 1.82) is 0 Å². The van der Waals surface area contributed by atoms with Crippen LogP contribution in [0.5, 0.6) is 0 Å². The molecule has 2 aromatic carbocycles. The number of hydroxylamine groups is 1. The fourth-order valence-electron chi connectivity index (χ4n) is 2.76. The molecular formula is C22H28N4O5. The lowest BCUT2D eigenvalue weighted by Gasteiger charge is -2.19. The number of amides is 3.